The summed E-state index contributed by atoms with van der Waals surface area (Å²) in [5.74, 6) is -3.58. The Bertz CT molecular complexity index is 2230. The quantitative estimate of drug-likeness (QED) is 0.0785. The molecule has 6 N–H and O–H groups in total. The van der Waals surface area contributed by atoms with Gasteiger partial charge in [0.15, 0.2) is 30.9 Å². The summed E-state index contributed by atoms with van der Waals surface area (Å²) in [6.45, 7) is 29.3. The van der Waals surface area contributed by atoms with E-state index < -0.39 is 174 Å². The highest BCUT2D eigenvalue weighted by molar-refractivity contribution is 5.84. The van der Waals surface area contributed by atoms with E-state index in [1.54, 1.807) is 111 Å². The van der Waals surface area contributed by atoms with Crippen molar-refractivity contribution in [1.29, 1.82) is 0 Å². The van der Waals surface area contributed by atoms with Gasteiger partial charge in [-0.1, -0.05) is 6.92 Å². The molecule has 1 aliphatic carbocycles. The zero-order valence-electron chi connectivity index (χ0n) is 52.0. The van der Waals surface area contributed by atoms with Gasteiger partial charge in [0.2, 0.25) is 0 Å². The molecule has 6 unspecified atom stereocenters. The largest absolute Gasteiger partial charge is 0.457 e. The van der Waals surface area contributed by atoms with Crippen LogP contribution in [0.3, 0.4) is 0 Å². The number of ether oxygens (including phenoxy) is 12. The Morgan fingerprint density at radius 2 is 1.01 bits per heavy atom. The molecule has 28 heteroatoms. The maximum atomic E-state index is 14.6. The molecule has 2 heterocycles. The van der Waals surface area contributed by atoms with E-state index >= 15 is 0 Å². The Hall–Kier alpha value is -5.97. The van der Waals surface area contributed by atoms with E-state index in [-0.39, 0.29) is 38.8 Å². The van der Waals surface area contributed by atoms with Crippen molar-refractivity contribution >= 4 is 54.3 Å². The topological polar surface area (TPSA) is 348 Å². The molecule has 0 aromatic carbocycles. The van der Waals surface area contributed by atoms with Crippen LogP contribution >= 0.6 is 0 Å². The number of hydrogen-bond donors (Lipinski definition) is 6. The third kappa shape index (κ3) is 25.4. The van der Waals surface area contributed by atoms with Crippen LogP contribution in [0.15, 0.2) is 0 Å². The fourth-order valence-electron chi connectivity index (χ4n) is 9.00. The van der Waals surface area contributed by atoms with Crippen LogP contribution in [0.4, 0.5) is 24.0 Å². The first-order valence-corrected chi connectivity index (χ1v) is 27.9. The van der Waals surface area contributed by atoms with Gasteiger partial charge in [0.25, 0.3) is 5.91 Å². The zero-order valence-corrected chi connectivity index (χ0v) is 52.0. The predicted molar refractivity (Wildman–Crippen MR) is 293 cm³/mol. The number of rotatable bonds is 18. The number of amides is 6. The Labute approximate surface area is 487 Å². The Morgan fingerprint density at radius 3 is 1.49 bits per heavy atom. The minimum absolute atomic E-state index is 0.0423. The van der Waals surface area contributed by atoms with Crippen molar-refractivity contribution in [2.75, 3.05) is 20.1 Å². The number of aliphatic hydroxyl groups excluding tert-OH is 1. The Kier molecular flexibility index (Phi) is 25.5. The lowest BCUT2D eigenvalue weighted by Gasteiger charge is -2.50. The minimum atomic E-state index is -2.03. The molecular weight excluding hydrogens is 1100 g/mol. The number of carbonyl (C=O) groups is 9. The van der Waals surface area contributed by atoms with Crippen LogP contribution in [-0.4, -0.2) is 198 Å². The maximum Gasteiger partial charge on any atom is 0.410 e. The lowest BCUT2D eigenvalue weighted by Crippen LogP contribution is -2.71. The van der Waals surface area contributed by atoms with Gasteiger partial charge < -0.3 is 93.4 Å². The molecule has 83 heavy (non-hydrogen) atoms. The van der Waals surface area contributed by atoms with Gasteiger partial charge in [-0.15, -0.1) is 0 Å². The molecule has 0 radical (unpaired) electrons. The molecule has 2 aliphatic heterocycles. The lowest BCUT2D eigenvalue weighted by atomic mass is 9.83. The second kappa shape index (κ2) is 29.7. The van der Waals surface area contributed by atoms with E-state index in [4.69, 9.17) is 56.8 Å². The van der Waals surface area contributed by atoms with Crippen LogP contribution in [0, 0.1) is 0 Å². The predicted octanol–water partition coefficient (Wildman–Crippen LogP) is 4.90. The molecule has 14 atom stereocenters. The number of aliphatic hydroxyl groups is 1. The second-order valence-corrected chi connectivity index (χ2v) is 25.7. The summed E-state index contributed by atoms with van der Waals surface area (Å²) in [5, 5.41) is 26.5. The van der Waals surface area contributed by atoms with Crippen LogP contribution in [0.25, 0.3) is 0 Å². The summed E-state index contributed by atoms with van der Waals surface area (Å²) in [5.41, 5.74) is -4.79. The van der Waals surface area contributed by atoms with Gasteiger partial charge in [0.1, 0.15) is 52.4 Å². The van der Waals surface area contributed by atoms with Crippen molar-refractivity contribution in [1.82, 2.24) is 31.5 Å². The van der Waals surface area contributed by atoms with Gasteiger partial charge in [0.05, 0.1) is 30.3 Å². The summed E-state index contributed by atoms with van der Waals surface area (Å²) in [6.07, 6.45) is -20.0. The molecule has 476 valence electrons. The smallest absolute Gasteiger partial charge is 0.410 e. The van der Waals surface area contributed by atoms with Crippen LogP contribution in [0.1, 0.15) is 164 Å². The summed E-state index contributed by atoms with van der Waals surface area (Å²) in [4.78, 5) is 121. The molecule has 2 saturated heterocycles. The first-order chi connectivity index (χ1) is 37.9. The molecule has 6 amide bonds. The van der Waals surface area contributed by atoms with Crippen LogP contribution in [0.2, 0.25) is 0 Å². The van der Waals surface area contributed by atoms with E-state index in [1.165, 1.54) is 11.9 Å². The molecule has 0 aromatic rings. The second-order valence-electron chi connectivity index (χ2n) is 25.7. The highest BCUT2D eigenvalue weighted by Gasteiger charge is 2.56. The fraction of sp³-hybridized carbons (Fsp3) is 0.836. The first-order valence-electron chi connectivity index (χ1n) is 27.9. The fourth-order valence-corrected chi connectivity index (χ4v) is 9.00. The van der Waals surface area contributed by atoms with Gasteiger partial charge in [-0.3, -0.25) is 19.2 Å². The summed E-state index contributed by atoms with van der Waals surface area (Å²) in [6, 6.07) is -5.36. The third-order valence-corrected chi connectivity index (χ3v) is 11.9. The number of carbonyl (C=O) groups excluding carboxylic acids is 9. The van der Waals surface area contributed by atoms with E-state index in [0.717, 1.165) is 20.8 Å². The number of esters is 3. The van der Waals surface area contributed by atoms with Crippen LogP contribution < -0.4 is 26.6 Å². The van der Waals surface area contributed by atoms with Crippen LogP contribution in [-0.2, 0) is 76.0 Å². The number of nitrogens with zero attached hydrogens (tertiary/aromatic N) is 1. The molecule has 3 fully saturated rings. The van der Waals surface area contributed by atoms with E-state index in [1.807, 2.05) is 0 Å². The molecule has 3 aliphatic rings. The van der Waals surface area contributed by atoms with Gasteiger partial charge in [-0.25, -0.2) is 24.0 Å². The molecule has 0 spiro atoms. The van der Waals surface area contributed by atoms with Crippen molar-refractivity contribution in [2.45, 2.75) is 277 Å². The Morgan fingerprint density at radius 1 is 0.554 bits per heavy atom. The minimum Gasteiger partial charge on any atom is -0.457 e. The number of alkyl carbamates (subject to hydrolysis) is 4. The average molecular weight is 1190 g/mol. The van der Waals surface area contributed by atoms with Crippen molar-refractivity contribution in [3.05, 3.63) is 0 Å². The van der Waals surface area contributed by atoms with E-state index in [0.29, 0.717) is 0 Å². The zero-order chi connectivity index (χ0) is 63.3. The highest BCUT2D eigenvalue weighted by Crippen LogP contribution is 2.36. The third-order valence-electron chi connectivity index (χ3n) is 11.9. The highest BCUT2D eigenvalue weighted by atomic mass is 16.7. The van der Waals surface area contributed by atoms with Crippen molar-refractivity contribution in [3.8, 4) is 0 Å². The number of likely N-dealkylation sites (N-methyl/N-ethyl adjacent to an activating group) is 1. The number of hydrogen-bond acceptors (Lipinski definition) is 22. The first kappa shape index (κ1) is 71.3. The van der Waals surface area contributed by atoms with Crippen LogP contribution in [0.5, 0.6) is 0 Å². The SMILES string of the molecule is CCC1O[C@H](O[C@@H]2C(O)C(O[C@H]3OC(CN(C)C(=O)OC(C)(C)C)CCC3NC(=O)OC(C)(C)C)[C@@H](NC(=O)OC(C)(C)C)C[C@H]2NC(=O)[C@H](CCNC(=O)OC(C)(C)C)OC(C)=O)C(OC(C)=O)[C@@H](NC(=O)OC(C)(C)C)[C@H]1OC(C)=O. The lowest BCUT2D eigenvalue weighted by molar-refractivity contribution is -0.316. The van der Waals surface area contributed by atoms with Gasteiger partial charge in [-0.05, 0) is 130 Å². The Balaban J connectivity index is 2.33. The van der Waals surface area contributed by atoms with Gasteiger partial charge in [-0.2, -0.15) is 0 Å². The molecule has 3 rings (SSSR count). The molecule has 28 nitrogen and oxygen atoms in total. The molecule has 0 aromatic heterocycles. The van der Waals surface area contributed by atoms with Gasteiger partial charge >= 0.3 is 48.4 Å². The van der Waals surface area contributed by atoms with Gasteiger partial charge in [0, 0.05) is 47.3 Å². The summed E-state index contributed by atoms with van der Waals surface area (Å²) in [7, 11) is 1.51. The molecule has 1 saturated carbocycles. The van der Waals surface area contributed by atoms with Crippen molar-refractivity contribution in [2.24, 2.45) is 0 Å². The van der Waals surface area contributed by atoms with E-state index in [2.05, 4.69) is 26.6 Å². The summed E-state index contributed by atoms with van der Waals surface area (Å²) >= 11 is 0. The van der Waals surface area contributed by atoms with Crippen molar-refractivity contribution in [3.63, 3.8) is 0 Å². The maximum absolute atomic E-state index is 14.6. The monoisotopic (exact) mass is 1190 g/mol. The molecule has 0 bridgehead atoms. The van der Waals surface area contributed by atoms with Crippen molar-refractivity contribution < 1.29 is 105 Å². The normalized spacial score (nSPS) is 27.2. The van der Waals surface area contributed by atoms with E-state index in [9.17, 15) is 48.3 Å². The molecular formula is C55H94N6O22. The standard InChI is InChI=1S/C55H94N6O22/c1-21-35-41(73-29(3)63)37(60-49(70)82-54(14,15)16)42(74-30(4)64)45(76-35)78-39-33(57-43(66)36(72-28(2)62)24-25-56-46(67)79-51(5,6)7)26-34(59-48(69)81-53(11,12)13)40(38(39)65)77-44-32(58-47(68)80-52(8,9)10)23-22-31(75-44)27-61(20)50(71)83-55(17,18)19/h31-42,44-45,65H,21-27H2,1-20H3,(H,56,67)(H,57,66)(H,58,68)(H,59,69)(H,60,70)/t31?,32?,33-,34+,35?,36+,37+,38?,39+,40?,41+,42?,44-,45-/m1/s1. The summed E-state index contributed by atoms with van der Waals surface area (Å²) < 4.78 is 71.2. The number of nitrogens with one attached hydrogen (secondary N) is 5. The average Bonchev–Trinajstić information content (AvgIpc) is 2.00.